The summed E-state index contributed by atoms with van der Waals surface area (Å²) in [7, 11) is 1.34. The number of carbonyl (C=O) groups excluding carboxylic acids is 1. The summed E-state index contributed by atoms with van der Waals surface area (Å²) in [4.78, 5) is 21.9. The first kappa shape index (κ1) is 13.4. The van der Waals surface area contributed by atoms with E-state index in [-0.39, 0.29) is 13.0 Å². The number of rotatable bonds is 6. The van der Waals surface area contributed by atoms with Gasteiger partial charge in [-0.25, -0.2) is 4.79 Å². The summed E-state index contributed by atoms with van der Waals surface area (Å²) in [5.41, 5.74) is 5.38. The van der Waals surface area contributed by atoms with Gasteiger partial charge >= 0.3 is 5.97 Å². The molecule has 6 heteroatoms. The van der Waals surface area contributed by atoms with Gasteiger partial charge in [-0.15, -0.1) is 12.3 Å². The Kier molecular flexibility index (Phi) is 6.09. The Morgan fingerprint density at radius 3 is 2.67 bits per heavy atom. The lowest BCUT2D eigenvalue weighted by Crippen LogP contribution is -2.50. The summed E-state index contributed by atoms with van der Waals surface area (Å²) < 4.78 is 4.63. The zero-order valence-electron chi connectivity index (χ0n) is 8.40. The van der Waals surface area contributed by atoms with Crippen molar-refractivity contribution in [2.45, 2.75) is 18.5 Å². The molecule has 0 spiro atoms. The van der Waals surface area contributed by atoms with Crippen molar-refractivity contribution in [1.29, 1.82) is 0 Å². The lowest BCUT2D eigenvalue weighted by molar-refractivity contribution is -0.143. The first-order valence-corrected chi connectivity index (χ1v) is 4.24. The summed E-state index contributed by atoms with van der Waals surface area (Å²) >= 11 is 0. The molecular formula is C9H14N2O4. The van der Waals surface area contributed by atoms with Crippen molar-refractivity contribution >= 4 is 11.9 Å². The fourth-order valence-corrected chi connectivity index (χ4v) is 0.840. The highest BCUT2D eigenvalue weighted by Gasteiger charge is 2.22. The molecule has 0 aliphatic rings. The summed E-state index contributed by atoms with van der Waals surface area (Å²) in [6, 6.07) is -2.00. The van der Waals surface area contributed by atoms with Gasteiger partial charge in [0.05, 0.1) is 12.6 Å². The van der Waals surface area contributed by atoms with Gasteiger partial charge in [-0.05, 0) is 0 Å². The number of aliphatic carboxylic acids is 1. The molecule has 0 aromatic rings. The minimum absolute atomic E-state index is 0.0607. The van der Waals surface area contributed by atoms with E-state index in [1.54, 1.807) is 0 Å². The molecule has 0 aromatic carbocycles. The third-order valence-corrected chi connectivity index (χ3v) is 1.62. The summed E-state index contributed by atoms with van der Waals surface area (Å²) in [6.45, 7) is -0.121. The van der Waals surface area contributed by atoms with Gasteiger partial charge in [0.2, 0.25) is 5.91 Å². The molecule has 0 saturated heterocycles. The SMILES string of the molecule is C#CCC(N)C(=O)NC(COC)C(=O)O. The van der Waals surface area contributed by atoms with E-state index in [2.05, 4.69) is 16.0 Å². The second-order valence-corrected chi connectivity index (χ2v) is 2.87. The first-order valence-electron chi connectivity index (χ1n) is 4.24. The van der Waals surface area contributed by atoms with Crippen LogP contribution in [-0.4, -0.2) is 42.8 Å². The van der Waals surface area contributed by atoms with E-state index in [0.717, 1.165) is 0 Å². The molecule has 0 aliphatic heterocycles. The quantitative estimate of drug-likeness (QED) is 0.470. The molecule has 6 nitrogen and oxygen atoms in total. The Labute approximate surface area is 87.8 Å². The molecule has 4 N–H and O–H groups in total. The number of carboxylic acid groups (broad SMARTS) is 1. The summed E-state index contributed by atoms with van der Waals surface area (Å²) in [5.74, 6) is 0.436. The molecule has 0 radical (unpaired) electrons. The van der Waals surface area contributed by atoms with Crippen LogP contribution in [0.5, 0.6) is 0 Å². The predicted octanol–water partition coefficient (Wildman–Crippen LogP) is -1.45. The molecule has 1 amide bonds. The second-order valence-electron chi connectivity index (χ2n) is 2.87. The Morgan fingerprint density at radius 1 is 1.67 bits per heavy atom. The van der Waals surface area contributed by atoms with Crippen molar-refractivity contribution in [3.8, 4) is 12.3 Å². The number of hydrogen-bond acceptors (Lipinski definition) is 4. The van der Waals surface area contributed by atoms with E-state index in [1.165, 1.54) is 7.11 Å². The van der Waals surface area contributed by atoms with Gasteiger partial charge in [-0.3, -0.25) is 4.79 Å². The van der Waals surface area contributed by atoms with Crippen LogP contribution >= 0.6 is 0 Å². The van der Waals surface area contributed by atoms with Crippen LogP contribution in [0.3, 0.4) is 0 Å². The second kappa shape index (κ2) is 6.81. The van der Waals surface area contributed by atoms with E-state index in [0.29, 0.717) is 0 Å². The molecule has 0 saturated carbocycles. The summed E-state index contributed by atoms with van der Waals surface area (Å²) in [5, 5.41) is 10.9. The fourth-order valence-electron chi connectivity index (χ4n) is 0.840. The highest BCUT2D eigenvalue weighted by molar-refractivity contribution is 5.87. The van der Waals surface area contributed by atoms with Gasteiger partial charge in [0.15, 0.2) is 6.04 Å². The van der Waals surface area contributed by atoms with Crippen molar-refractivity contribution in [3.05, 3.63) is 0 Å². The maximum Gasteiger partial charge on any atom is 0.328 e. The van der Waals surface area contributed by atoms with Crippen molar-refractivity contribution in [1.82, 2.24) is 5.32 Å². The van der Waals surface area contributed by atoms with Crippen LogP contribution in [0, 0.1) is 12.3 Å². The lowest BCUT2D eigenvalue weighted by atomic mass is 10.2. The number of carbonyl (C=O) groups is 2. The van der Waals surface area contributed by atoms with Gasteiger partial charge in [0.25, 0.3) is 0 Å². The Hall–Kier alpha value is -1.58. The average Bonchev–Trinajstić information content (AvgIpc) is 2.17. The van der Waals surface area contributed by atoms with Gasteiger partial charge in [0, 0.05) is 13.5 Å². The standard InChI is InChI=1S/C9H14N2O4/c1-3-4-6(10)8(12)11-7(5-15-2)9(13)14/h1,6-7H,4-5,10H2,2H3,(H,11,12)(H,13,14). The number of hydrogen-bond donors (Lipinski definition) is 3. The number of nitrogens with one attached hydrogen (secondary N) is 1. The molecule has 2 atom stereocenters. The molecule has 0 heterocycles. The molecule has 2 unspecified atom stereocenters. The lowest BCUT2D eigenvalue weighted by Gasteiger charge is -2.15. The fraction of sp³-hybridized carbons (Fsp3) is 0.556. The normalized spacial score (nSPS) is 13.7. The van der Waals surface area contributed by atoms with Gasteiger partial charge in [-0.1, -0.05) is 0 Å². The molecule has 0 fully saturated rings. The van der Waals surface area contributed by atoms with Crippen molar-refractivity contribution in [2.75, 3.05) is 13.7 Å². The number of nitrogens with two attached hydrogens (primary N) is 1. The zero-order chi connectivity index (χ0) is 11.8. The van der Waals surface area contributed by atoms with E-state index < -0.39 is 24.0 Å². The predicted molar refractivity (Wildman–Crippen MR) is 52.9 cm³/mol. The number of methoxy groups -OCH3 is 1. The molecule has 0 rings (SSSR count). The maximum absolute atomic E-state index is 11.3. The third kappa shape index (κ3) is 5.00. The van der Waals surface area contributed by atoms with Crippen LogP contribution in [0.15, 0.2) is 0 Å². The zero-order valence-corrected chi connectivity index (χ0v) is 8.40. The number of ether oxygens (including phenoxy) is 1. The Balaban J connectivity index is 4.23. The number of amides is 1. The molecule has 0 bridgehead atoms. The third-order valence-electron chi connectivity index (χ3n) is 1.62. The number of carboxylic acids is 1. The van der Waals surface area contributed by atoms with Crippen LogP contribution in [0.1, 0.15) is 6.42 Å². The number of terminal acetylenes is 1. The van der Waals surface area contributed by atoms with E-state index in [1.807, 2.05) is 0 Å². The van der Waals surface area contributed by atoms with Gasteiger partial charge < -0.3 is 20.9 Å². The molecule has 84 valence electrons. The highest BCUT2D eigenvalue weighted by Crippen LogP contribution is 1.90. The molecular weight excluding hydrogens is 200 g/mol. The first-order chi connectivity index (χ1) is 7.02. The van der Waals surface area contributed by atoms with Crippen LogP contribution in [0.2, 0.25) is 0 Å². The van der Waals surface area contributed by atoms with Crippen LogP contribution in [0.4, 0.5) is 0 Å². The maximum atomic E-state index is 11.3. The Bertz CT molecular complexity index is 272. The average molecular weight is 214 g/mol. The van der Waals surface area contributed by atoms with Gasteiger partial charge in [0.1, 0.15) is 0 Å². The minimum Gasteiger partial charge on any atom is -0.480 e. The summed E-state index contributed by atoms with van der Waals surface area (Å²) in [6.07, 6.45) is 5.03. The molecule has 15 heavy (non-hydrogen) atoms. The van der Waals surface area contributed by atoms with Crippen molar-refractivity contribution in [2.24, 2.45) is 5.73 Å². The molecule has 0 aliphatic carbocycles. The molecule has 0 aromatic heterocycles. The van der Waals surface area contributed by atoms with Gasteiger partial charge in [-0.2, -0.15) is 0 Å². The smallest absolute Gasteiger partial charge is 0.328 e. The van der Waals surface area contributed by atoms with E-state index in [9.17, 15) is 9.59 Å². The van der Waals surface area contributed by atoms with E-state index in [4.69, 9.17) is 17.3 Å². The van der Waals surface area contributed by atoms with Crippen molar-refractivity contribution in [3.63, 3.8) is 0 Å². The monoisotopic (exact) mass is 214 g/mol. The van der Waals surface area contributed by atoms with Crippen LogP contribution in [-0.2, 0) is 14.3 Å². The van der Waals surface area contributed by atoms with E-state index >= 15 is 0 Å². The van der Waals surface area contributed by atoms with Crippen LogP contribution in [0.25, 0.3) is 0 Å². The Morgan fingerprint density at radius 2 is 2.27 bits per heavy atom. The highest BCUT2D eigenvalue weighted by atomic mass is 16.5. The van der Waals surface area contributed by atoms with Crippen LogP contribution < -0.4 is 11.1 Å². The minimum atomic E-state index is -1.18. The van der Waals surface area contributed by atoms with Crippen molar-refractivity contribution < 1.29 is 19.4 Å². The topological polar surface area (TPSA) is 102 Å². The largest absolute Gasteiger partial charge is 0.480 e.